The zero-order valence-electron chi connectivity index (χ0n) is 19.0. The molecule has 3 atom stereocenters. The number of rotatable bonds is 6. The SMILES string of the molecule is N#CC1(c2ccc(Cl)cc2F)CC(C(=O)O)N(c2cccc(Cl)c2F)C1CC1(CO)CCCCC1. The second-order valence-electron chi connectivity index (χ2n) is 9.68. The van der Waals surface area contributed by atoms with Gasteiger partial charge in [-0.3, -0.25) is 0 Å². The normalized spacial score (nSPS) is 25.9. The monoisotopic (exact) mass is 522 g/mol. The van der Waals surface area contributed by atoms with Crippen molar-refractivity contribution in [1.29, 1.82) is 5.26 Å². The topological polar surface area (TPSA) is 84.6 Å². The lowest BCUT2D eigenvalue weighted by atomic mass is 9.64. The number of hydrogen-bond acceptors (Lipinski definition) is 4. The highest BCUT2D eigenvalue weighted by Crippen LogP contribution is 2.53. The zero-order chi connectivity index (χ0) is 25.4. The van der Waals surface area contributed by atoms with Crippen molar-refractivity contribution in [3.63, 3.8) is 0 Å². The number of carbonyl (C=O) groups is 1. The summed E-state index contributed by atoms with van der Waals surface area (Å²) in [5.74, 6) is -2.80. The number of aliphatic hydroxyl groups is 1. The molecule has 0 aromatic heterocycles. The van der Waals surface area contributed by atoms with Gasteiger partial charge in [-0.05, 0) is 48.9 Å². The molecule has 3 unspecified atom stereocenters. The Balaban J connectivity index is 1.96. The summed E-state index contributed by atoms with van der Waals surface area (Å²) < 4.78 is 30.6. The molecule has 35 heavy (non-hydrogen) atoms. The number of benzene rings is 2. The van der Waals surface area contributed by atoms with E-state index in [0.29, 0.717) is 12.8 Å². The molecular formula is C26H26Cl2F2N2O3. The smallest absolute Gasteiger partial charge is 0.326 e. The molecule has 2 aromatic rings. The van der Waals surface area contributed by atoms with Gasteiger partial charge in [-0.15, -0.1) is 0 Å². The van der Waals surface area contributed by atoms with Gasteiger partial charge in [0, 0.05) is 23.6 Å². The van der Waals surface area contributed by atoms with E-state index in [1.165, 1.54) is 35.2 Å². The number of carboxylic acids is 1. The average molecular weight is 523 g/mol. The van der Waals surface area contributed by atoms with E-state index in [1.807, 2.05) is 0 Å². The summed E-state index contributed by atoms with van der Waals surface area (Å²) in [6, 6.07) is 8.20. The van der Waals surface area contributed by atoms with Crippen molar-refractivity contribution in [2.45, 2.75) is 62.4 Å². The molecule has 1 saturated heterocycles. The van der Waals surface area contributed by atoms with Crippen LogP contribution in [0, 0.1) is 28.4 Å². The van der Waals surface area contributed by atoms with E-state index in [1.54, 1.807) is 0 Å². The second-order valence-corrected chi connectivity index (χ2v) is 10.5. The molecule has 2 aliphatic rings. The zero-order valence-corrected chi connectivity index (χ0v) is 20.5. The summed E-state index contributed by atoms with van der Waals surface area (Å²) in [4.78, 5) is 13.8. The summed E-state index contributed by atoms with van der Waals surface area (Å²) in [7, 11) is 0. The van der Waals surface area contributed by atoms with Crippen LogP contribution in [0.2, 0.25) is 10.0 Å². The highest BCUT2D eigenvalue weighted by atomic mass is 35.5. The van der Waals surface area contributed by atoms with E-state index >= 15 is 8.78 Å². The first-order chi connectivity index (χ1) is 16.7. The van der Waals surface area contributed by atoms with Crippen LogP contribution in [0.1, 0.15) is 50.5 Å². The summed E-state index contributed by atoms with van der Waals surface area (Å²) >= 11 is 12.0. The Bertz CT molecular complexity index is 1170. The lowest BCUT2D eigenvalue weighted by Crippen LogP contribution is -2.49. The second kappa shape index (κ2) is 9.93. The van der Waals surface area contributed by atoms with E-state index in [2.05, 4.69) is 6.07 Å². The fraction of sp³-hybridized carbons (Fsp3) is 0.462. The molecule has 1 aliphatic heterocycles. The van der Waals surface area contributed by atoms with Crippen LogP contribution in [0.3, 0.4) is 0 Å². The molecule has 186 valence electrons. The van der Waals surface area contributed by atoms with Gasteiger partial charge in [0.05, 0.1) is 22.8 Å². The van der Waals surface area contributed by atoms with Crippen LogP contribution in [0.15, 0.2) is 36.4 Å². The molecule has 2 N–H and O–H groups in total. The lowest BCUT2D eigenvalue weighted by Gasteiger charge is -2.44. The van der Waals surface area contributed by atoms with Gasteiger partial charge in [0.1, 0.15) is 17.3 Å². The summed E-state index contributed by atoms with van der Waals surface area (Å²) in [5, 5.41) is 31.1. The molecule has 9 heteroatoms. The number of anilines is 1. The highest BCUT2D eigenvalue weighted by Gasteiger charge is 2.59. The number of nitriles is 1. The predicted octanol–water partition coefficient (Wildman–Crippen LogP) is 6.10. The third-order valence-corrected chi connectivity index (χ3v) is 8.26. The van der Waals surface area contributed by atoms with Gasteiger partial charge in [-0.1, -0.05) is 54.6 Å². The maximum atomic E-state index is 15.3. The molecule has 2 aromatic carbocycles. The van der Waals surface area contributed by atoms with Crippen LogP contribution in [0.5, 0.6) is 0 Å². The standard InChI is InChI=1S/C26H26Cl2F2N2O3/c27-16-7-8-17(19(29)11-16)26(14-31)12-21(24(34)35)32(20-6-4-5-18(28)23(20)30)22(26)13-25(15-33)9-2-1-3-10-25/h4-8,11,21-22,33H,1-3,9-10,12-13,15H2,(H,34,35). The van der Waals surface area contributed by atoms with Crippen molar-refractivity contribution in [2.24, 2.45) is 5.41 Å². The Kier molecular flexibility index (Phi) is 7.28. The highest BCUT2D eigenvalue weighted by molar-refractivity contribution is 6.31. The van der Waals surface area contributed by atoms with Gasteiger partial charge in [0.2, 0.25) is 0 Å². The van der Waals surface area contributed by atoms with Crippen LogP contribution < -0.4 is 4.90 Å². The third-order valence-electron chi connectivity index (χ3n) is 7.74. The molecular weight excluding hydrogens is 497 g/mol. The van der Waals surface area contributed by atoms with Crippen LogP contribution in [0.25, 0.3) is 0 Å². The molecule has 0 bridgehead atoms. The van der Waals surface area contributed by atoms with Gasteiger partial charge in [-0.2, -0.15) is 5.26 Å². The quantitative estimate of drug-likeness (QED) is 0.478. The van der Waals surface area contributed by atoms with Gasteiger partial charge in [0.15, 0.2) is 5.82 Å². The molecule has 0 amide bonds. The van der Waals surface area contributed by atoms with Crippen LogP contribution in [0.4, 0.5) is 14.5 Å². The number of aliphatic hydroxyl groups excluding tert-OH is 1. The summed E-state index contributed by atoms with van der Waals surface area (Å²) in [6.07, 6.45) is 4.02. The molecule has 5 nitrogen and oxygen atoms in total. The number of halogens is 4. The minimum Gasteiger partial charge on any atom is -0.480 e. The lowest BCUT2D eigenvalue weighted by molar-refractivity contribution is -0.138. The van der Waals surface area contributed by atoms with E-state index in [0.717, 1.165) is 25.3 Å². The van der Waals surface area contributed by atoms with Gasteiger partial charge >= 0.3 is 5.97 Å². The fourth-order valence-electron chi connectivity index (χ4n) is 5.96. The first-order valence-corrected chi connectivity index (χ1v) is 12.4. The van der Waals surface area contributed by atoms with Crippen LogP contribution in [-0.4, -0.2) is 34.9 Å². The van der Waals surface area contributed by atoms with E-state index in [-0.39, 0.29) is 40.7 Å². The van der Waals surface area contributed by atoms with Crippen LogP contribution in [-0.2, 0) is 10.2 Å². The molecule has 0 radical (unpaired) electrons. The maximum absolute atomic E-state index is 15.3. The minimum absolute atomic E-state index is 0.00878. The number of carboxylic acid groups (broad SMARTS) is 1. The van der Waals surface area contributed by atoms with Crippen molar-refractivity contribution in [3.05, 3.63) is 63.6 Å². The molecule has 4 rings (SSSR count). The largest absolute Gasteiger partial charge is 0.480 e. The van der Waals surface area contributed by atoms with Crippen molar-refractivity contribution < 1.29 is 23.8 Å². The molecule has 2 fully saturated rings. The summed E-state index contributed by atoms with van der Waals surface area (Å²) in [6.45, 7) is -0.169. The number of nitrogens with zero attached hydrogens (tertiary/aromatic N) is 2. The van der Waals surface area contributed by atoms with Crippen molar-refractivity contribution in [3.8, 4) is 6.07 Å². The Labute approximate surface area is 212 Å². The van der Waals surface area contributed by atoms with Gasteiger partial charge in [-0.25, -0.2) is 13.6 Å². The Morgan fingerprint density at radius 2 is 1.89 bits per heavy atom. The minimum atomic E-state index is -1.63. The first kappa shape index (κ1) is 25.7. The van der Waals surface area contributed by atoms with Crippen molar-refractivity contribution >= 4 is 34.9 Å². The third kappa shape index (κ3) is 4.48. The number of hydrogen-bond donors (Lipinski definition) is 2. The predicted molar refractivity (Wildman–Crippen MR) is 130 cm³/mol. The average Bonchev–Trinajstić information content (AvgIpc) is 3.16. The Hall–Kier alpha value is -2.40. The van der Waals surface area contributed by atoms with E-state index in [9.17, 15) is 20.3 Å². The first-order valence-electron chi connectivity index (χ1n) is 11.6. The Morgan fingerprint density at radius 3 is 2.49 bits per heavy atom. The van der Waals surface area contributed by atoms with Gasteiger partial charge in [0.25, 0.3) is 0 Å². The van der Waals surface area contributed by atoms with Crippen molar-refractivity contribution in [1.82, 2.24) is 0 Å². The number of aliphatic carboxylic acids is 1. The van der Waals surface area contributed by atoms with Crippen LogP contribution >= 0.6 is 23.2 Å². The molecule has 1 aliphatic carbocycles. The molecule has 1 heterocycles. The van der Waals surface area contributed by atoms with E-state index < -0.39 is 40.5 Å². The molecule has 1 saturated carbocycles. The molecule has 0 spiro atoms. The van der Waals surface area contributed by atoms with Gasteiger partial charge < -0.3 is 15.1 Å². The Morgan fingerprint density at radius 1 is 1.17 bits per heavy atom. The van der Waals surface area contributed by atoms with Crippen molar-refractivity contribution in [2.75, 3.05) is 11.5 Å². The fourth-order valence-corrected chi connectivity index (χ4v) is 6.29. The maximum Gasteiger partial charge on any atom is 0.326 e. The van der Waals surface area contributed by atoms with E-state index in [4.69, 9.17) is 23.2 Å². The summed E-state index contributed by atoms with van der Waals surface area (Å²) in [5.41, 5.74) is -2.29.